The van der Waals surface area contributed by atoms with Gasteiger partial charge >= 0.3 is 0 Å². The van der Waals surface area contributed by atoms with Gasteiger partial charge in [0.2, 0.25) is 0 Å². The van der Waals surface area contributed by atoms with E-state index in [1.807, 2.05) is 0 Å². The first-order valence-corrected chi connectivity index (χ1v) is 21.3. The fourth-order valence-electron chi connectivity index (χ4n) is 9.10. The van der Waals surface area contributed by atoms with Crippen molar-refractivity contribution in [2.45, 2.75) is 0 Å². The molecule has 0 aromatic heterocycles. The first kappa shape index (κ1) is 36.8. The van der Waals surface area contributed by atoms with Gasteiger partial charge in [-0.1, -0.05) is 182 Å². The largest absolute Gasteiger partial charge is 0.311 e. The van der Waals surface area contributed by atoms with E-state index in [-0.39, 0.29) is 0 Å². The molecule has 0 bridgehead atoms. The first-order chi connectivity index (χ1) is 30.8. The standard InChI is InChI=1S/C60H42N2/c1-4-17-46(18-5-1)59-55-24-12-14-26-57(55)60(58-27-15-13-25-56(58)59)47-33-39-53(40-34-47)62(54-41-32-43-16-10-11-19-48(43)42-54)52-37-30-45(31-38-52)44-28-35-51(36-29-44)61(49-20-6-2-7-21-49)50-22-8-3-9-23-50/h1-42H. The predicted octanol–water partition coefficient (Wildman–Crippen LogP) is 17.1. The van der Waals surface area contributed by atoms with Crippen LogP contribution in [-0.4, -0.2) is 0 Å². The molecule has 0 aliphatic carbocycles. The average molecular weight is 791 g/mol. The Balaban J connectivity index is 0.975. The van der Waals surface area contributed by atoms with Crippen LogP contribution in [0.25, 0.3) is 65.7 Å². The molecule has 0 radical (unpaired) electrons. The molecule has 11 rings (SSSR count). The molecule has 292 valence electrons. The number of para-hydroxylation sites is 2. The maximum atomic E-state index is 2.37. The van der Waals surface area contributed by atoms with Crippen LogP contribution in [0.15, 0.2) is 255 Å². The van der Waals surface area contributed by atoms with Crippen LogP contribution in [-0.2, 0) is 0 Å². The van der Waals surface area contributed by atoms with Gasteiger partial charge in [0.25, 0.3) is 0 Å². The van der Waals surface area contributed by atoms with E-state index in [1.165, 1.54) is 60.1 Å². The lowest BCUT2D eigenvalue weighted by Crippen LogP contribution is -2.10. The van der Waals surface area contributed by atoms with Crippen LogP contribution in [0.5, 0.6) is 0 Å². The third-order valence-electron chi connectivity index (χ3n) is 12.0. The summed E-state index contributed by atoms with van der Waals surface area (Å²) in [5, 5.41) is 7.45. The molecule has 0 aliphatic rings. The van der Waals surface area contributed by atoms with Gasteiger partial charge in [0.15, 0.2) is 0 Å². The third-order valence-corrected chi connectivity index (χ3v) is 12.0. The van der Waals surface area contributed by atoms with Gasteiger partial charge in [-0.25, -0.2) is 0 Å². The highest BCUT2D eigenvalue weighted by atomic mass is 15.1. The summed E-state index contributed by atoms with van der Waals surface area (Å²) >= 11 is 0. The lowest BCUT2D eigenvalue weighted by Gasteiger charge is -2.27. The van der Waals surface area contributed by atoms with Crippen molar-refractivity contribution in [3.8, 4) is 33.4 Å². The van der Waals surface area contributed by atoms with Crippen molar-refractivity contribution in [2.75, 3.05) is 9.80 Å². The highest BCUT2D eigenvalue weighted by Crippen LogP contribution is 2.45. The molecular formula is C60H42N2. The summed E-state index contributed by atoms with van der Waals surface area (Å²) in [6, 6.07) is 91.9. The van der Waals surface area contributed by atoms with Gasteiger partial charge in [0, 0.05) is 34.1 Å². The number of rotatable bonds is 9. The molecule has 0 saturated heterocycles. The van der Waals surface area contributed by atoms with E-state index in [2.05, 4.69) is 265 Å². The van der Waals surface area contributed by atoms with Gasteiger partial charge in [-0.05, 0) is 138 Å². The number of hydrogen-bond acceptors (Lipinski definition) is 2. The molecule has 11 aromatic carbocycles. The lowest BCUT2D eigenvalue weighted by atomic mass is 9.86. The van der Waals surface area contributed by atoms with Crippen molar-refractivity contribution in [1.82, 2.24) is 0 Å². The monoisotopic (exact) mass is 790 g/mol. The Morgan fingerprint density at radius 3 is 0.952 bits per heavy atom. The minimum absolute atomic E-state index is 1.09. The Morgan fingerprint density at radius 2 is 0.500 bits per heavy atom. The van der Waals surface area contributed by atoms with Crippen LogP contribution in [0.1, 0.15) is 0 Å². The number of nitrogens with zero attached hydrogens (tertiary/aromatic N) is 2. The molecule has 0 atom stereocenters. The second kappa shape index (κ2) is 16.1. The van der Waals surface area contributed by atoms with E-state index in [9.17, 15) is 0 Å². The van der Waals surface area contributed by atoms with Crippen molar-refractivity contribution in [3.63, 3.8) is 0 Å². The van der Waals surface area contributed by atoms with Gasteiger partial charge in [-0.15, -0.1) is 0 Å². The molecule has 0 N–H and O–H groups in total. The summed E-state index contributed by atoms with van der Waals surface area (Å²) in [7, 11) is 0. The molecule has 0 aliphatic heterocycles. The fourth-order valence-corrected chi connectivity index (χ4v) is 9.10. The van der Waals surface area contributed by atoms with Crippen LogP contribution in [0.2, 0.25) is 0 Å². The zero-order valence-corrected chi connectivity index (χ0v) is 34.1. The fraction of sp³-hybridized carbons (Fsp3) is 0. The number of anilines is 6. The summed E-state index contributed by atoms with van der Waals surface area (Å²) in [5.41, 5.74) is 13.9. The number of fused-ring (bicyclic) bond motifs is 3. The van der Waals surface area contributed by atoms with Crippen LogP contribution >= 0.6 is 0 Å². The Bertz CT molecular complexity index is 3210. The highest BCUT2D eigenvalue weighted by molar-refractivity contribution is 6.21. The van der Waals surface area contributed by atoms with Gasteiger partial charge in [0.05, 0.1) is 0 Å². The van der Waals surface area contributed by atoms with Crippen molar-refractivity contribution >= 4 is 66.4 Å². The second-order valence-corrected chi connectivity index (χ2v) is 15.7. The quantitative estimate of drug-likeness (QED) is 0.134. The zero-order valence-electron chi connectivity index (χ0n) is 34.1. The summed E-state index contributed by atoms with van der Waals surface area (Å²) in [6.45, 7) is 0. The van der Waals surface area contributed by atoms with Crippen molar-refractivity contribution in [3.05, 3.63) is 255 Å². The zero-order chi connectivity index (χ0) is 41.2. The Hall–Kier alpha value is -8.20. The number of hydrogen-bond donors (Lipinski definition) is 0. The van der Waals surface area contributed by atoms with Crippen molar-refractivity contribution < 1.29 is 0 Å². The molecular weight excluding hydrogens is 749 g/mol. The molecule has 0 heterocycles. The van der Waals surface area contributed by atoms with E-state index in [4.69, 9.17) is 0 Å². The molecule has 2 nitrogen and oxygen atoms in total. The molecule has 62 heavy (non-hydrogen) atoms. The molecule has 11 aromatic rings. The van der Waals surface area contributed by atoms with Gasteiger partial charge < -0.3 is 9.80 Å². The Labute approximate surface area is 362 Å². The second-order valence-electron chi connectivity index (χ2n) is 15.7. The van der Waals surface area contributed by atoms with E-state index in [0.29, 0.717) is 0 Å². The first-order valence-electron chi connectivity index (χ1n) is 21.3. The minimum atomic E-state index is 1.09. The lowest BCUT2D eigenvalue weighted by molar-refractivity contribution is 1.28. The molecule has 0 spiro atoms. The van der Waals surface area contributed by atoms with Crippen LogP contribution in [0.4, 0.5) is 34.1 Å². The van der Waals surface area contributed by atoms with Crippen molar-refractivity contribution in [2.24, 2.45) is 0 Å². The SMILES string of the molecule is c1ccc(-c2c3ccccc3c(-c3ccc(N(c4ccc(-c5ccc(N(c6ccccc6)c6ccccc6)cc5)cc4)c4ccc5ccccc5c4)cc3)c3ccccc23)cc1. The molecule has 0 fully saturated rings. The van der Waals surface area contributed by atoms with Crippen molar-refractivity contribution in [1.29, 1.82) is 0 Å². The van der Waals surface area contributed by atoms with Crippen LogP contribution in [0, 0.1) is 0 Å². The van der Waals surface area contributed by atoms with E-state index >= 15 is 0 Å². The third kappa shape index (κ3) is 6.84. The Morgan fingerprint density at radius 1 is 0.194 bits per heavy atom. The van der Waals surface area contributed by atoms with Gasteiger partial charge in [0.1, 0.15) is 0 Å². The number of benzene rings is 11. The predicted molar refractivity (Wildman–Crippen MR) is 265 cm³/mol. The van der Waals surface area contributed by atoms with Gasteiger partial charge in [-0.2, -0.15) is 0 Å². The van der Waals surface area contributed by atoms with E-state index < -0.39 is 0 Å². The summed E-state index contributed by atoms with van der Waals surface area (Å²) in [4.78, 5) is 4.67. The summed E-state index contributed by atoms with van der Waals surface area (Å²) in [6.07, 6.45) is 0. The normalized spacial score (nSPS) is 11.2. The minimum Gasteiger partial charge on any atom is -0.311 e. The Kier molecular flexibility index (Phi) is 9.57. The van der Waals surface area contributed by atoms with E-state index in [0.717, 1.165) is 39.7 Å². The molecule has 2 heteroatoms. The highest BCUT2D eigenvalue weighted by Gasteiger charge is 2.19. The molecule has 0 unspecified atom stereocenters. The van der Waals surface area contributed by atoms with Crippen LogP contribution < -0.4 is 9.80 Å². The summed E-state index contributed by atoms with van der Waals surface area (Å²) < 4.78 is 0. The topological polar surface area (TPSA) is 6.48 Å². The average Bonchev–Trinajstić information content (AvgIpc) is 3.35. The van der Waals surface area contributed by atoms with E-state index in [1.54, 1.807) is 0 Å². The van der Waals surface area contributed by atoms with Gasteiger partial charge in [-0.3, -0.25) is 0 Å². The smallest absolute Gasteiger partial charge is 0.0468 e. The maximum Gasteiger partial charge on any atom is 0.0468 e. The maximum absolute atomic E-state index is 2.37. The molecule has 0 saturated carbocycles. The van der Waals surface area contributed by atoms with Crippen LogP contribution in [0.3, 0.4) is 0 Å². The summed E-state index contributed by atoms with van der Waals surface area (Å²) in [5.74, 6) is 0. The molecule has 0 amide bonds.